The highest BCUT2D eigenvalue weighted by Gasteiger charge is 2.28. The van der Waals surface area contributed by atoms with Gasteiger partial charge in [-0.25, -0.2) is 9.18 Å². The Morgan fingerprint density at radius 1 is 0.900 bits per heavy atom. The topological polar surface area (TPSA) is 114 Å². The predicted molar refractivity (Wildman–Crippen MR) is 198 cm³/mol. The fourth-order valence-electron chi connectivity index (χ4n) is 5.64. The summed E-state index contributed by atoms with van der Waals surface area (Å²) in [7, 11) is 0. The molecule has 5 rings (SSSR count). The van der Waals surface area contributed by atoms with Crippen molar-refractivity contribution in [2.75, 3.05) is 17.2 Å². The molecule has 0 saturated heterocycles. The molecule has 0 radical (unpaired) electrons. The smallest absolute Gasteiger partial charge is 0.341 e. The number of ether oxygens (including phenoxy) is 1. The molecule has 0 aliphatic heterocycles. The van der Waals surface area contributed by atoms with Gasteiger partial charge in [0.15, 0.2) is 0 Å². The van der Waals surface area contributed by atoms with Crippen LogP contribution in [0, 0.1) is 5.82 Å². The fourth-order valence-corrected chi connectivity index (χ4v) is 7.93. The summed E-state index contributed by atoms with van der Waals surface area (Å²) in [5, 5.41) is 8.51. The molecule has 11 heteroatoms. The van der Waals surface area contributed by atoms with Crippen LogP contribution < -0.4 is 16.0 Å². The lowest BCUT2D eigenvalue weighted by Gasteiger charge is -2.16. The van der Waals surface area contributed by atoms with Crippen molar-refractivity contribution >= 4 is 63.6 Å². The summed E-state index contributed by atoms with van der Waals surface area (Å²) in [6.07, 6.45) is 7.75. The summed E-state index contributed by atoms with van der Waals surface area (Å²) in [4.78, 5) is 55.1. The number of amides is 3. The van der Waals surface area contributed by atoms with Crippen LogP contribution in [0.2, 0.25) is 0 Å². The largest absolute Gasteiger partial charge is 0.462 e. The number of aryl methyl sites for hydroxylation is 1. The quantitative estimate of drug-likeness (QED) is 0.0770. The van der Waals surface area contributed by atoms with E-state index >= 15 is 0 Å². The van der Waals surface area contributed by atoms with E-state index in [0.29, 0.717) is 28.2 Å². The highest BCUT2D eigenvalue weighted by atomic mass is 32.2. The maximum atomic E-state index is 14.6. The van der Waals surface area contributed by atoms with Crippen LogP contribution in [0.3, 0.4) is 0 Å². The van der Waals surface area contributed by atoms with Crippen LogP contribution in [0.5, 0.6) is 0 Å². The molecule has 1 unspecified atom stereocenters. The number of benzene rings is 3. The van der Waals surface area contributed by atoms with Gasteiger partial charge in [-0.15, -0.1) is 23.1 Å². The van der Waals surface area contributed by atoms with E-state index in [1.807, 2.05) is 13.0 Å². The number of fused-ring (bicyclic) bond motifs is 1. The minimum absolute atomic E-state index is 0.135. The van der Waals surface area contributed by atoms with Crippen molar-refractivity contribution < 1.29 is 28.3 Å². The third-order valence-electron chi connectivity index (χ3n) is 8.15. The van der Waals surface area contributed by atoms with Crippen LogP contribution >= 0.6 is 23.1 Å². The van der Waals surface area contributed by atoms with Gasteiger partial charge in [0.2, 0.25) is 5.91 Å². The Bertz CT molecular complexity index is 1870. The van der Waals surface area contributed by atoms with E-state index in [4.69, 9.17) is 4.74 Å². The second-order valence-corrected chi connectivity index (χ2v) is 14.1. The Balaban J connectivity index is 1.33. The summed E-state index contributed by atoms with van der Waals surface area (Å²) in [6, 6.07) is 21.4. The number of thiophene rings is 1. The molecule has 1 aliphatic carbocycles. The number of rotatable bonds is 12. The standard InChI is InChI=1S/C39H40FN3O5S2/c1-3-32(37(46)43-38-34(39(47)48-4-2)29-20-10-5-6-11-22-33(29)50-38)49-28-19-14-18-27(24-28)41-36(45)31(23-26-17-12-13-21-30(26)40)42-35(44)25-15-8-7-9-16-25/h7-9,12-19,21,23-24,32H,3-6,10-11,20,22H2,1-2H3,(H,41,45)(H,42,44)(H,43,46)/b31-23-. The molecule has 50 heavy (non-hydrogen) atoms. The fraction of sp³-hybridized carbons (Fsp3) is 0.282. The van der Waals surface area contributed by atoms with E-state index in [9.17, 15) is 23.6 Å². The zero-order valence-corrected chi connectivity index (χ0v) is 29.7. The van der Waals surface area contributed by atoms with Crippen molar-refractivity contribution in [2.45, 2.75) is 68.9 Å². The van der Waals surface area contributed by atoms with E-state index in [1.54, 1.807) is 61.5 Å². The van der Waals surface area contributed by atoms with Gasteiger partial charge in [-0.05, 0) is 87.1 Å². The van der Waals surface area contributed by atoms with E-state index < -0.39 is 28.9 Å². The number of halogens is 1. The van der Waals surface area contributed by atoms with Crippen molar-refractivity contribution in [1.82, 2.24) is 5.32 Å². The van der Waals surface area contributed by atoms with Gasteiger partial charge in [-0.1, -0.05) is 62.2 Å². The van der Waals surface area contributed by atoms with Crippen LogP contribution in [0.1, 0.15) is 82.7 Å². The van der Waals surface area contributed by atoms with Crippen molar-refractivity contribution in [3.05, 3.63) is 118 Å². The SMILES string of the molecule is CCOC(=O)c1c(NC(=O)C(CC)Sc2cccc(NC(=O)/C(=C/c3ccccc3F)NC(=O)c3ccccc3)c2)sc2c1CCCCCC2. The van der Waals surface area contributed by atoms with Crippen LogP contribution in [0.25, 0.3) is 6.08 Å². The summed E-state index contributed by atoms with van der Waals surface area (Å²) in [5.74, 6) is -2.35. The third-order valence-corrected chi connectivity index (χ3v) is 10.7. The molecular formula is C39H40FN3O5S2. The van der Waals surface area contributed by atoms with Crippen LogP contribution in [-0.4, -0.2) is 35.5 Å². The summed E-state index contributed by atoms with van der Waals surface area (Å²) in [6.45, 7) is 3.93. The lowest BCUT2D eigenvalue weighted by atomic mass is 9.96. The monoisotopic (exact) mass is 713 g/mol. The summed E-state index contributed by atoms with van der Waals surface area (Å²) < 4.78 is 20.0. The van der Waals surface area contributed by atoms with Crippen molar-refractivity contribution in [1.29, 1.82) is 0 Å². The molecule has 3 N–H and O–H groups in total. The molecule has 0 saturated carbocycles. The summed E-state index contributed by atoms with van der Waals surface area (Å²) in [5.41, 5.74) is 2.23. The molecule has 8 nitrogen and oxygen atoms in total. The molecular weight excluding hydrogens is 674 g/mol. The first-order valence-corrected chi connectivity index (χ1v) is 18.5. The lowest BCUT2D eigenvalue weighted by molar-refractivity contribution is -0.116. The lowest BCUT2D eigenvalue weighted by Crippen LogP contribution is -2.30. The van der Waals surface area contributed by atoms with Gasteiger partial charge in [0.1, 0.15) is 16.5 Å². The molecule has 0 fully saturated rings. The third kappa shape index (κ3) is 9.48. The van der Waals surface area contributed by atoms with E-state index in [1.165, 1.54) is 47.4 Å². The molecule has 260 valence electrons. The van der Waals surface area contributed by atoms with Crippen molar-refractivity contribution in [2.24, 2.45) is 0 Å². The normalized spacial score (nSPS) is 13.6. The van der Waals surface area contributed by atoms with Gasteiger partial charge in [-0.2, -0.15) is 0 Å². The molecule has 0 spiro atoms. The molecule has 4 aromatic rings. The number of hydrogen-bond donors (Lipinski definition) is 3. The maximum absolute atomic E-state index is 14.6. The minimum atomic E-state index is -0.649. The number of thioether (sulfide) groups is 1. The van der Waals surface area contributed by atoms with Crippen molar-refractivity contribution in [3.63, 3.8) is 0 Å². The first kappa shape index (κ1) is 36.5. The molecule has 1 aromatic heterocycles. The second-order valence-electron chi connectivity index (χ2n) is 11.7. The number of hydrogen-bond acceptors (Lipinski definition) is 7. The van der Waals surface area contributed by atoms with Crippen LogP contribution in [0.15, 0.2) is 89.5 Å². The highest BCUT2D eigenvalue weighted by molar-refractivity contribution is 8.00. The Hall–Kier alpha value is -4.74. The molecule has 0 bridgehead atoms. The number of carbonyl (C=O) groups is 4. The molecule has 1 aliphatic rings. The zero-order chi connectivity index (χ0) is 35.5. The zero-order valence-electron chi connectivity index (χ0n) is 28.1. The predicted octanol–water partition coefficient (Wildman–Crippen LogP) is 8.64. The van der Waals surface area contributed by atoms with E-state index in [-0.39, 0.29) is 23.8 Å². The molecule has 3 amide bonds. The minimum Gasteiger partial charge on any atom is -0.462 e. The number of carbonyl (C=O) groups excluding carboxylic acids is 4. The van der Waals surface area contributed by atoms with Gasteiger partial charge >= 0.3 is 5.97 Å². The van der Waals surface area contributed by atoms with Gasteiger partial charge in [0.05, 0.1) is 17.4 Å². The van der Waals surface area contributed by atoms with Gasteiger partial charge in [-0.3, -0.25) is 14.4 Å². The Morgan fingerprint density at radius 2 is 1.64 bits per heavy atom. The molecule has 1 atom stereocenters. The number of nitrogens with one attached hydrogen (secondary N) is 3. The highest BCUT2D eigenvalue weighted by Crippen LogP contribution is 2.38. The van der Waals surface area contributed by atoms with Crippen LogP contribution in [-0.2, 0) is 27.2 Å². The number of esters is 1. The van der Waals surface area contributed by atoms with Gasteiger partial charge < -0.3 is 20.7 Å². The summed E-state index contributed by atoms with van der Waals surface area (Å²) >= 11 is 2.80. The first-order valence-electron chi connectivity index (χ1n) is 16.8. The second kappa shape index (κ2) is 17.8. The Labute approximate surface area is 299 Å². The van der Waals surface area contributed by atoms with Crippen molar-refractivity contribution in [3.8, 4) is 0 Å². The Kier molecular flexibility index (Phi) is 13.0. The Morgan fingerprint density at radius 3 is 2.38 bits per heavy atom. The first-order chi connectivity index (χ1) is 24.3. The number of anilines is 2. The van der Waals surface area contributed by atoms with E-state index in [0.717, 1.165) is 53.9 Å². The van der Waals surface area contributed by atoms with Gasteiger partial charge in [0, 0.05) is 26.6 Å². The average Bonchev–Trinajstić information content (AvgIpc) is 3.43. The molecule has 1 heterocycles. The van der Waals surface area contributed by atoms with Crippen LogP contribution in [0.4, 0.5) is 15.1 Å². The van der Waals surface area contributed by atoms with E-state index in [2.05, 4.69) is 16.0 Å². The molecule has 3 aromatic carbocycles. The average molecular weight is 714 g/mol. The van der Waals surface area contributed by atoms with Gasteiger partial charge in [0.25, 0.3) is 11.8 Å². The maximum Gasteiger partial charge on any atom is 0.341 e.